The van der Waals surface area contributed by atoms with Crippen molar-refractivity contribution < 1.29 is 14.7 Å². The van der Waals surface area contributed by atoms with Gasteiger partial charge in [-0.15, -0.1) is 16.4 Å². The lowest BCUT2D eigenvalue weighted by Crippen LogP contribution is -2.59. The molecule has 2 amide bonds. The van der Waals surface area contributed by atoms with Gasteiger partial charge in [0.25, 0.3) is 5.66 Å². The topological polar surface area (TPSA) is 117 Å². The molecule has 0 radical (unpaired) electrons. The van der Waals surface area contributed by atoms with Crippen molar-refractivity contribution in [3.05, 3.63) is 27.6 Å². The molecule has 3 rings (SSSR count). The zero-order valence-electron chi connectivity index (χ0n) is 14.4. The molecule has 1 saturated carbocycles. The van der Waals surface area contributed by atoms with E-state index in [4.69, 9.17) is 5.73 Å². The molecule has 0 aromatic carbocycles. The van der Waals surface area contributed by atoms with E-state index in [2.05, 4.69) is 10.5 Å². The number of hydrazone groups is 1. The van der Waals surface area contributed by atoms with Crippen LogP contribution in [0.25, 0.3) is 0 Å². The molecule has 8 nitrogen and oxygen atoms in total. The number of carbonyl (C=O) groups is 1. The zero-order chi connectivity index (χ0) is 18.2. The highest BCUT2D eigenvalue weighted by Gasteiger charge is 2.65. The second-order valence-electron chi connectivity index (χ2n) is 6.90. The van der Waals surface area contributed by atoms with Gasteiger partial charge in [-0.25, -0.2) is 10.2 Å². The number of nitrogens with one attached hydrogen (secondary N) is 1. The average Bonchev–Trinajstić information content (AvgIpc) is 3.02. The molecule has 1 unspecified atom stereocenters. The van der Waals surface area contributed by atoms with Gasteiger partial charge in [0.15, 0.2) is 0 Å². The number of thiophene rings is 1. The van der Waals surface area contributed by atoms with E-state index in [9.17, 15) is 15.2 Å². The highest BCUT2D eigenvalue weighted by atomic mass is 32.1. The summed E-state index contributed by atoms with van der Waals surface area (Å²) in [4.78, 5) is 11.9. The molecule has 1 fully saturated rings. The number of hydrogen-bond donors (Lipinski definition) is 3. The van der Waals surface area contributed by atoms with E-state index >= 15 is 0 Å². The smallest absolute Gasteiger partial charge is 0.332 e. The van der Waals surface area contributed by atoms with Gasteiger partial charge in [0.2, 0.25) is 5.71 Å². The Morgan fingerprint density at radius 1 is 1.48 bits per heavy atom. The minimum Gasteiger partial charge on any atom is -0.622 e. The number of nitrogens with two attached hydrogens (primary N) is 1. The largest absolute Gasteiger partial charge is 0.622 e. The van der Waals surface area contributed by atoms with E-state index in [1.54, 1.807) is 0 Å². The molecule has 2 heterocycles. The van der Waals surface area contributed by atoms with Crippen molar-refractivity contribution in [3.63, 3.8) is 0 Å². The molecule has 1 aliphatic heterocycles. The Hall–Kier alpha value is -1.97. The van der Waals surface area contributed by atoms with Gasteiger partial charge < -0.3 is 16.1 Å². The Kier molecular flexibility index (Phi) is 4.56. The van der Waals surface area contributed by atoms with Gasteiger partial charge in [0.1, 0.15) is 11.3 Å². The van der Waals surface area contributed by atoms with Crippen LogP contribution >= 0.6 is 11.3 Å². The van der Waals surface area contributed by atoms with Crippen molar-refractivity contribution in [1.82, 2.24) is 10.5 Å². The molecule has 25 heavy (non-hydrogen) atoms. The molecule has 1 aromatic heterocycles. The van der Waals surface area contributed by atoms with Gasteiger partial charge in [-0.3, -0.25) is 0 Å². The van der Waals surface area contributed by atoms with Crippen LogP contribution in [0, 0.1) is 5.21 Å². The van der Waals surface area contributed by atoms with Crippen LogP contribution in [0.5, 0.6) is 0 Å². The third-order valence-corrected chi connectivity index (χ3v) is 5.83. The van der Waals surface area contributed by atoms with Crippen molar-refractivity contribution in [3.8, 4) is 0 Å². The number of nitrogens with zero attached hydrogens (tertiary/aromatic N) is 3. The van der Waals surface area contributed by atoms with E-state index in [-0.39, 0.29) is 0 Å². The Labute approximate surface area is 150 Å². The molecule has 0 bridgehead atoms. The van der Waals surface area contributed by atoms with Gasteiger partial charge in [-0.05, 0) is 44.6 Å². The predicted molar refractivity (Wildman–Crippen MR) is 95.7 cm³/mol. The fourth-order valence-electron chi connectivity index (χ4n) is 3.80. The van der Waals surface area contributed by atoms with E-state index in [1.165, 1.54) is 11.3 Å². The maximum absolute atomic E-state index is 13.5. The van der Waals surface area contributed by atoms with Crippen molar-refractivity contribution in [2.75, 3.05) is 0 Å². The Balaban J connectivity index is 2.19. The Bertz CT molecular complexity index is 728. The first kappa shape index (κ1) is 17.8. The SMILES string of the molecule is CC1(C)C(c2cccs2)=[N+]([O-])C2(CCCCC/C2=N/NC(N)=O)N1O. The van der Waals surface area contributed by atoms with Crippen molar-refractivity contribution in [2.24, 2.45) is 10.8 Å². The molecule has 1 aliphatic carbocycles. The molecule has 2 aliphatic rings. The van der Waals surface area contributed by atoms with Gasteiger partial charge in [-0.2, -0.15) is 9.84 Å². The van der Waals surface area contributed by atoms with E-state index in [1.807, 2.05) is 31.4 Å². The minimum atomic E-state index is -1.33. The highest BCUT2D eigenvalue weighted by molar-refractivity contribution is 7.12. The van der Waals surface area contributed by atoms with Crippen LogP contribution < -0.4 is 11.2 Å². The molecule has 136 valence electrons. The molecule has 1 atom stereocenters. The summed E-state index contributed by atoms with van der Waals surface area (Å²) in [5.41, 5.74) is 6.06. The minimum absolute atomic E-state index is 0.421. The molecular formula is C16H23N5O3S. The number of rotatable bonds is 2. The molecular weight excluding hydrogens is 342 g/mol. The number of carbonyl (C=O) groups excluding carboxylic acids is 1. The lowest BCUT2D eigenvalue weighted by Gasteiger charge is -2.35. The second kappa shape index (κ2) is 6.40. The summed E-state index contributed by atoms with van der Waals surface area (Å²) in [5.74, 6) is 0. The fraction of sp³-hybridized carbons (Fsp3) is 0.562. The van der Waals surface area contributed by atoms with Crippen LogP contribution in [0.3, 0.4) is 0 Å². The lowest BCUT2D eigenvalue weighted by atomic mass is 9.94. The standard InChI is InChI=1S/C16H23N5O3S/c1-15(2)13(11-7-6-10-25-11)20(23)16(21(15)24)9-5-3-4-8-12(16)18-19-14(17)22/h6-7,10,24H,3-5,8-9H2,1-2H3,(H3,17,19,22)/b18-12-. The zero-order valence-corrected chi connectivity index (χ0v) is 15.2. The van der Waals surface area contributed by atoms with Gasteiger partial charge in [0.05, 0.1) is 4.88 Å². The summed E-state index contributed by atoms with van der Waals surface area (Å²) in [7, 11) is 0. The predicted octanol–water partition coefficient (Wildman–Crippen LogP) is 2.22. The maximum atomic E-state index is 13.5. The number of amides is 2. The fourth-order valence-corrected chi connectivity index (χ4v) is 4.70. The van der Waals surface area contributed by atoms with Crippen LogP contribution in [0.15, 0.2) is 22.6 Å². The van der Waals surface area contributed by atoms with Gasteiger partial charge >= 0.3 is 6.03 Å². The summed E-state index contributed by atoms with van der Waals surface area (Å²) in [6.07, 6.45) is 3.46. The monoisotopic (exact) mass is 365 g/mol. The maximum Gasteiger partial charge on any atom is 0.332 e. The average molecular weight is 365 g/mol. The summed E-state index contributed by atoms with van der Waals surface area (Å²) in [5, 5.41) is 31.7. The van der Waals surface area contributed by atoms with Crippen LogP contribution in [-0.4, -0.2) is 43.7 Å². The molecule has 4 N–H and O–H groups in total. The summed E-state index contributed by atoms with van der Waals surface area (Å²) in [6, 6.07) is 2.95. The van der Waals surface area contributed by atoms with Crippen molar-refractivity contribution >= 4 is 28.8 Å². The quantitative estimate of drug-likeness (QED) is 0.423. The van der Waals surface area contributed by atoms with Gasteiger partial charge in [-0.1, -0.05) is 12.5 Å². The summed E-state index contributed by atoms with van der Waals surface area (Å²) >= 11 is 1.45. The molecule has 0 saturated heterocycles. The third kappa shape index (κ3) is 2.72. The normalized spacial score (nSPS) is 28.5. The Morgan fingerprint density at radius 2 is 2.24 bits per heavy atom. The van der Waals surface area contributed by atoms with Crippen LogP contribution in [0.4, 0.5) is 4.79 Å². The third-order valence-electron chi connectivity index (χ3n) is 4.96. The van der Waals surface area contributed by atoms with E-state index in [0.29, 0.717) is 24.3 Å². The first-order valence-corrected chi connectivity index (χ1v) is 9.20. The first-order chi connectivity index (χ1) is 11.8. The van der Waals surface area contributed by atoms with Gasteiger partial charge in [0, 0.05) is 6.42 Å². The number of hydrogen-bond acceptors (Lipinski definition) is 6. The van der Waals surface area contributed by atoms with E-state index < -0.39 is 17.2 Å². The summed E-state index contributed by atoms with van der Waals surface area (Å²) < 4.78 is 0.881. The highest BCUT2D eigenvalue weighted by Crippen LogP contribution is 2.42. The van der Waals surface area contributed by atoms with Crippen LogP contribution in [0.1, 0.15) is 50.8 Å². The number of hydroxylamine groups is 3. The molecule has 1 spiro atoms. The van der Waals surface area contributed by atoms with Crippen LogP contribution in [0.2, 0.25) is 0 Å². The van der Waals surface area contributed by atoms with Crippen LogP contribution in [-0.2, 0) is 0 Å². The van der Waals surface area contributed by atoms with E-state index in [0.717, 1.165) is 33.9 Å². The molecule has 1 aromatic rings. The lowest BCUT2D eigenvalue weighted by molar-refractivity contribution is -0.567. The summed E-state index contributed by atoms with van der Waals surface area (Å²) in [6.45, 7) is 3.62. The number of urea groups is 1. The second-order valence-corrected chi connectivity index (χ2v) is 7.85. The Morgan fingerprint density at radius 3 is 2.88 bits per heavy atom. The molecule has 9 heteroatoms. The van der Waals surface area contributed by atoms with Crippen molar-refractivity contribution in [2.45, 2.75) is 57.2 Å². The number of primary amides is 1. The first-order valence-electron chi connectivity index (χ1n) is 8.32. The van der Waals surface area contributed by atoms with Crippen molar-refractivity contribution in [1.29, 1.82) is 0 Å².